The third-order valence-corrected chi connectivity index (χ3v) is 14.7. The van der Waals surface area contributed by atoms with Crippen molar-refractivity contribution in [3.63, 3.8) is 0 Å². The summed E-state index contributed by atoms with van der Waals surface area (Å²) in [5.41, 5.74) is 0. The molecule has 0 saturated heterocycles. The average molecular weight is 399 g/mol. The van der Waals surface area contributed by atoms with Crippen molar-refractivity contribution in [1.82, 2.24) is 0 Å². The SMILES string of the molecule is CC(C)CP(Br)(c1ccccc1)(c1ccccc1)c1ccccc1. The van der Waals surface area contributed by atoms with Crippen LogP contribution < -0.4 is 15.9 Å². The molecule has 0 N–H and O–H groups in total. The monoisotopic (exact) mass is 398 g/mol. The number of hydrogen-bond acceptors (Lipinski definition) is 0. The van der Waals surface area contributed by atoms with Crippen molar-refractivity contribution >= 4 is 36.7 Å². The molecule has 0 radical (unpaired) electrons. The fourth-order valence-electron chi connectivity index (χ4n) is 3.67. The molecule has 0 atom stereocenters. The van der Waals surface area contributed by atoms with Gasteiger partial charge in [-0.2, -0.15) is 0 Å². The van der Waals surface area contributed by atoms with Crippen molar-refractivity contribution in [2.75, 3.05) is 6.16 Å². The molecule has 0 fully saturated rings. The minimum absolute atomic E-state index is 0.572. The van der Waals surface area contributed by atoms with Gasteiger partial charge in [0.05, 0.1) is 0 Å². The Hall–Kier alpha value is -1.43. The molecule has 0 heterocycles. The molecular weight excluding hydrogens is 375 g/mol. The summed E-state index contributed by atoms with van der Waals surface area (Å²) in [6.45, 7) is 4.63. The standard InChI is InChI=1S/C22H24BrP/c1-19(2)18-24(23,20-12-6-3-7-13-20,21-14-8-4-9-15-21)22-16-10-5-11-17-22/h3-17,19H,18H2,1-2H3. The summed E-state index contributed by atoms with van der Waals surface area (Å²) in [5, 5.41) is 1.51. The summed E-state index contributed by atoms with van der Waals surface area (Å²) in [6, 6.07) is 33.0. The van der Waals surface area contributed by atoms with Crippen molar-refractivity contribution in [3.8, 4) is 0 Å². The van der Waals surface area contributed by atoms with Crippen LogP contribution in [0.1, 0.15) is 13.8 Å². The van der Waals surface area contributed by atoms with Crippen molar-refractivity contribution in [2.45, 2.75) is 13.8 Å². The first-order valence-corrected chi connectivity index (χ1v) is 12.9. The van der Waals surface area contributed by atoms with Crippen LogP contribution in [0.25, 0.3) is 0 Å². The molecule has 3 aromatic rings. The van der Waals surface area contributed by atoms with Crippen LogP contribution in [0.3, 0.4) is 0 Å². The van der Waals surface area contributed by atoms with E-state index in [2.05, 4.69) is 120 Å². The zero-order valence-electron chi connectivity index (χ0n) is 14.3. The maximum atomic E-state index is 4.45. The van der Waals surface area contributed by atoms with Crippen LogP contribution in [0.15, 0.2) is 91.0 Å². The molecule has 3 rings (SSSR count). The van der Waals surface area contributed by atoms with E-state index in [1.165, 1.54) is 15.9 Å². The van der Waals surface area contributed by atoms with Crippen LogP contribution in [-0.2, 0) is 0 Å². The Bertz CT molecular complexity index is 683. The Balaban J connectivity index is 2.42. The molecule has 0 saturated carbocycles. The molecule has 2 heteroatoms. The van der Waals surface area contributed by atoms with Gasteiger partial charge < -0.3 is 0 Å². The molecular formula is C22H24BrP. The van der Waals surface area contributed by atoms with Crippen molar-refractivity contribution in [1.29, 1.82) is 0 Å². The molecule has 24 heavy (non-hydrogen) atoms. The third kappa shape index (κ3) is 2.85. The zero-order chi connectivity index (χ0) is 17.1. The molecule has 0 unspecified atom stereocenters. The van der Waals surface area contributed by atoms with Gasteiger partial charge in [0.15, 0.2) is 0 Å². The van der Waals surface area contributed by atoms with E-state index >= 15 is 0 Å². The molecule has 3 aromatic carbocycles. The Morgan fingerprint density at radius 3 is 1.17 bits per heavy atom. The summed E-state index contributed by atoms with van der Waals surface area (Å²) < 4.78 is 0. The van der Waals surface area contributed by atoms with Crippen LogP contribution in [0, 0.1) is 5.92 Å². The summed E-state index contributed by atoms with van der Waals surface area (Å²) in [7, 11) is 0. The summed E-state index contributed by atoms with van der Waals surface area (Å²) in [4.78, 5) is 0. The predicted molar refractivity (Wildman–Crippen MR) is 114 cm³/mol. The topological polar surface area (TPSA) is 0 Å². The van der Waals surface area contributed by atoms with Crippen molar-refractivity contribution in [2.24, 2.45) is 5.92 Å². The maximum absolute atomic E-state index is 4.45. The van der Waals surface area contributed by atoms with Crippen LogP contribution in [0.5, 0.6) is 0 Å². The quantitative estimate of drug-likeness (QED) is 0.499. The van der Waals surface area contributed by atoms with E-state index in [4.69, 9.17) is 0 Å². The van der Waals surface area contributed by atoms with Gasteiger partial charge in [-0.15, -0.1) is 0 Å². The molecule has 0 nitrogen and oxygen atoms in total. The van der Waals surface area contributed by atoms with Gasteiger partial charge in [0, 0.05) is 0 Å². The van der Waals surface area contributed by atoms with Gasteiger partial charge in [-0.05, 0) is 0 Å². The van der Waals surface area contributed by atoms with Gasteiger partial charge in [0.25, 0.3) is 0 Å². The molecule has 124 valence electrons. The van der Waals surface area contributed by atoms with Crippen LogP contribution in [-0.4, -0.2) is 6.16 Å². The number of benzene rings is 3. The van der Waals surface area contributed by atoms with E-state index in [1.807, 2.05) is 0 Å². The molecule has 0 bridgehead atoms. The zero-order valence-corrected chi connectivity index (χ0v) is 16.8. The second-order valence-corrected chi connectivity index (χ2v) is 15.7. The first kappa shape index (κ1) is 17.4. The molecule has 0 amide bonds. The van der Waals surface area contributed by atoms with Gasteiger partial charge >= 0.3 is 154 Å². The summed E-state index contributed by atoms with van der Waals surface area (Å²) in [5.74, 6) is 0.572. The number of hydrogen-bond donors (Lipinski definition) is 0. The van der Waals surface area contributed by atoms with Crippen molar-refractivity contribution in [3.05, 3.63) is 91.0 Å². The Morgan fingerprint density at radius 1 is 0.625 bits per heavy atom. The molecule has 0 aliphatic carbocycles. The second kappa shape index (κ2) is 6.82. The molecule has 0 aliphatic rings. The fourth-order valence-corrected chi connectivity index (χ4v) is 12.8. The normalized spacial score (nSPS) is 13.4. The third-order valence-electron chi connectivity index (χ3n) is 4.59. The van der Waals surface area contributed by atoms with Crippen molar-refractivity contribution < 1.29 is 0 Å². The van der Waals surface area contributed by atoms with Crippen LogP contribution in [0.4, 0.5) is 0 Å². The molecule has 0 aromatic heterocycles. The van der Waals surface area contributed by atoms with E-state index in [-0.39, 0.29) is 0 Å². The van der Waals surface area contributed by atoms with E-state index in [9.17, 15) is 0 Å². The second-order valence-electron chi connectivity index (χ2n) is 6.77. The molecule has 0 aliphatic heterocycles. The first-order chi connectivity index (χ1) is 11.6. The predicted octanol–water partition coefficient (Wildman–Crippen LogP) is 5.48. The fraction of sp³-hybridized carbons (Fsp3) is 0.182. The number of halogens is 1. The van der Waals surface area contributed by atoms with E-state index in [0.717, 1.165) is 6.16 Å². The minimum atomic E-state index is -2.68. The van der Waals surface area contributed by atoms with Gasteiger partial charge in [-0.3, -0.25) is 0 Å². The van der Waals surface area contributed by atoms with Crippen LogP contribution in [0.2, 0.25) is 0 Å². The van der Waals surface area contributed by atoms with Crippen LogP contribution >= 0.6 is 20.8 Å². The number of rotatable bonds is 5. The van der Waals surface area contributed by atoms with Gasteiger partial charge in [-0.1, -0.05) is 0 Å². The summed E-state index contributed by atoms with van der Waals surface area (Å²) >= 11 is 4.45. The van der Waals surface area contributed by atoms with Gasteiger partial charge in [0.1, 0.15) is 0 Å². The van der Waals surface area contributed by atoms with Gasteiger partial charge in [-0.25, -0.2) is 0 Å². The Kier molecular flexibility index (Phi) is 4.95. The van der Waals surface area contributed by atoms with Gasteiger partial charge in [0.2, 0.25) is 0 Å². The van der Waals surface area contributed by atoms with E-state index < -0.39 is 5.31 Å². The Labute approximate surface area is 153 Å². The first-order valence-electron chi connectivity index (χ1n) is 8.45. The van der Waals surface area contributed by atoms with E-state index in [1.54, 1.807) is 0 Å². The Morgan fingerprint density at radius 2 is 0.917 bits per heavy atom. The summed E-state index contributed by atoms with van der Waals surface area (Å²) in [6.07, 6.45) is 1.10. The molecule has 0 spiro atoms. The van der Waals surface area contributed by atoms with E-state index in [0.29, 0.717) is 5.92 Å². The average Bonchev–Trinajstić information content (AvgIpc) is 2.63.